The summed E-state index contributed by atoms with van der Waals surface area (Å²) in [5.74, 6) is -0.428. The summed E-state index contributed by atoms with van der Waals surface area (Å²) in [6.07, 6.45) is 1.36. The Morgan fingerprint density at radius 3 is 2.91 bits per heavy atom. The first-order valence-corrected chi connectivity index (χ1v) is 7.04. The fourth-order valence-corrected chi connectivity index (χ4v) is 2.40. The van der Waals surface area contributed by atoms with E-state index in [2.05, 4.69) is 15.1 Å². The van der Waals surface area contributed by atoms with Gasteiger partial charge in [0.25, 0.3) is 5.91 Å². The average molecular weight is 315 g/mol. The minimum Gasteiger partial charge on any atom is -0.318 e. The zero-order valence-electron chi connectivity index (χ0n) is 12.3. The van der Waals surface area contributed by atoms with Crippen LogP contribution in [-0.4, -0.2) is 16.7 Å². The number of hydrazone groups is 1. The van der Waals surface area contributed by atoms with Crippen LogP contribution in [0.4, 0.5) is 0 Å². The van der Waals surface area contributed by atoms with Gasteiger partial charge in [0.15, 0.2) is 0 Å². The SMILES string of the molecule is Cc1cc(/C=N/NC(=O)CC#N)c(C)n1-c1cccc(Cl)c1. The lowest BCUT2D eigenvalue weighted by atomic mass is 10.2. The molecule has 0 spiro atoms. The summed E-state index contributed by atoms with van der Waals surface area (Å²) in [5, 5.41) is 13.0. The average Bonchev–Trinajstić information content (AvgIpc) is 2.74. The molecular formula is C16H15ClN4O. The number of hydrogen-bond donors (Lipinski definition) is 1. The second-order valence-electron chi connectivity index (χ2n) is 4.77. The Bertz CT molecular complexity index is 771. The molecule has 1 amide bonds. The van der Waals surface area contributed by atoms with Crippen LogP contribution in [0, 0.1) is 25.2 Å². The van der Waals surface area contributed by atoms with Crippen LogP contribution in [0.15, 0.2) is 35.4 Å². The number of amides is 1. The van der Waals surface area contributed by atoms with E-state index in [1.54, 1.807) is 12.3 Å². The number of nitrogens with one attached hydrogen (secondary N) is 1. The van der Waals surface area contributed by atoms with Crippen molar-refractivity contribution in [3.8, 4) is 11.8 Å². The highest BCUT2D eigenvalue weighted by molar-refractivity contribution is 6.30. The Labute approximate surface area is 133 Å². The van der Waals surface area contributed by atoms with E-state index in [9.17, 15) is 4.79 Å². The van der Waals surface area contributed by atoms with E-state index in [1.165, 1.54) is 0 Å². The number of aryl methyl sites for hydroxylation is 1. The molecule has 1 aromatic carbocycles. The lowest BCUT2D eigenvalue weighted by Gasteiger charge is -2.09. The van der Waals surface area contributed by atoms with Crippen LogP contribution in [0.3, 0.4) is 0 Å². The van der Waals surface area contributed by atoms with Crippen molar-refractivity contribution in [2.24, 2.45) is 5.10 Å². The van der Waals surface area contributed by atoms with Gasteiger partial charge in [0.2, 0.25) is 0 Å². The third-order valence-electron chi connectivity index (χ3n) is 3.17. The summed E-state index contributed by atoms with van der Waals surface area (Å²) < 4.78 is 2.06. The van der Waals surface area contributed by atoms with E-state index in [1.807, 2.05) is 44.2 Å². The summed E-state index contributed by atoms with van der Waals surface area (Å²) >= 11 is 6.04. The smallest absolute Gasteiger partial charge is 0.254 e. The summed E-state index contributed by atoms with van der Waals surface area (Å²) in [6, 6.07) is 11.3. The zero-order chi connectivity index (χ0) is 16.1. The van der Waals surface area contributed by atoms with Crippen LogP contribution >= 0.6 is 11.6 Å². The van der Waals surface area contributed by atoms with Crippen LogP contribution in [0.25, 0.3) is 5.69 Å². The van der Waals surface area contributed by atoms with Crippen molar-refractivity contribution in [3.63, 3.8) is 0 Å². The van der Waals surface area contributed by atoms with Gasteiger partial charge < -0.3 is 4.57 Å². The summed E-state index contributed by atoms with van der Waals surface area (Å²) in [7, 11) is 0. The van der Waals surface area contributed by atoms with Gasteiger partial charge in [0, 0.05) is 27.7 Å². The first-order valence-electron chi connectivity index (χ1n) is 6.66. The Morgan fingerprint density at radius 1 is 1.45 bits per heavy atom. The second kappa shape index (κ2) is 6.92. The molecular weight excluding hydrogens is 300 g/mol. The molecule has 1 N–H and O–H groups in total. The van der Waals surface area contributed by atoms with Crippen LogP contribution in [0.5, 0.6) is 0 Å². The Kier molecular flexibility index (Phi) is 4.97. The molecule has 2 rings (SSSR count). The molecule has 0 saturated carbocycles. The van der Waals surface area contributed by atoms with Crippen molar-refractivity contribution in [3.05, 3.63) is 52.3 Å². The van der Waals surface area contributed by atoms with Crippen LogP contribution in [0.2, 0.25) is 5.02 Å². The van der Waals surface area contributed by atoms with E-state index in [0.29, 0.717) is 5.02 Å². The van der Waals surface area contributed by atoms with Gasteiger partial charge in [-0.05, 0) is 38.1 Å². The molecule has 5 nitrogen and oxygen atoms in total. The molecule has 0 fully saturated rings. The number of halogens is 1. The number of benzene rings is 1. The molecule has 0 bridgehead atoms. The monoisotopic (exact) mass is 314 g/mol. The van der Waals surface area contributed by atoms with E-state index in [0.717, 1.165) is 22.6 Å². The van der Waals surface area contributed by atoms with Gasteiger partial charge in [-0.25, -0.2) is 5.43 Å². The normalized spacial score (nSPS) is 10.6. The number of rotatable bonds is 4. The quantitative estimate of drug-likeness (QED) is 0.696. The number of carbonyl (C=O) groups is 1. The summed E-state index contributed by atoms with van der Waals surface area (Å²) in [5.41, 5.74) is 6.18. The minimum absolute atomic E-state index is 0.209. The van der Waals surface area contributed by atoms with Gasteiger partial charge in [-0.15, -0.1) is 0 Å². The third-order valence-corrected chi connectivity index (χ3v) is 3.40. The van der Waals surface area contributed by atoms with Gasteiger partial charge in [0.1, 0.15) is 6.42 Å². The fourth-order valence-electron chi connectivity index (χ4n) is 2.22. The molecule has 1 heterocycles. The van der Waals surface area contributed by atoms with Gasteiger partial charge in [-0.2, -0.15) is 10.4 Å². The number of aromatic nitrogens is 1. The molecule has 6 heteroatoms. The predicted octanol–water partition coefficient (Wildman–Crippen LogP) is 3.11. The number of nitriles is 1. The van der Waals surface area contributed by atoms with Crippen molar-refractivity contribution in [2.45, 2.75) is 20.3 Å². The number of hydrogen-bond acceptors (Lipinski definition) is 3. The second-order valence-corrected chi connectivity index (χ2v) is 5.21. The summed E-state index contributed by atoms with van der Waals surface area (Å²) in [6.45, 7) is 3.95. The van der Waals surface area contributed by atoms with Crippen molar-refractivity contribution in [1.82, 2.24) is 9.99 Å². The molecule has 0 radical (unpaired) electrons. The molecule has 0 atom stereocenters. The molecule has 1 aromatic heterocycles. The third kappa shape index (κ3) is 3.54. The molecule has 0 aliphatic carbocycles. The highest BCUT2D eigenvalue weighted by atomic mass is 35.5. The fraction of sp³-hybridized carbons (Fsp3) is 0.188. The zero-order valence-corrected chi connectivity index (χ0v) is 13.1. The molecule has 0 saturated heterocycles. The largest absolute Gasteiger partial charge is 0.318 e. The van der Waals surface area contributed by atoms with Crippen LogP contribution < -0.4 is 5.43 Å². The van der Waals surface area contributed by atoms with Crippen molar-refractivity contribution in [2.75, 3.05) is 0 Å². The Morgan fingerprint density at radius 2 is 2.23 bits per heavy atom. The van der Waals surface area contributed by atoms with Crippen LogP contribution in [-0.2, 0) is 4.79 Å². The molecule has 0 unspecified atom stereocenters. The lowest BCUT2D eigenvalue weighted by molar-refractivity contribution is -0.120. The van der Waals surface area contributed by atoms with E-state index in [-0.39, 0.29) is 6.42 Å². The lowest BCUT2D eigenvalue weighted by Crippen LogP contribution is -2.16. The number of carbonyl (C=O) groups excluding carboxylic acids is 1. The highest BCUT2D eigenvalue weighted by Crippen LogP contribution is 2.22. The molecule has 0 aliphatic rings. The molecule has 0 aliphatic heterocycles. The van der Waals surface area contributed by atoms with Gasteiger partial charge in [-0.1, -0.05) is 17.7 Å². The van der Waals surface area contributed by atoms with Crippen molar-refractivity contribution < 1.29 is 4.79 Å². The predicted molar refractivity (Wildman–Crippen MR) is 86.2 cm³/mol. The van der Waals surface area contributed by atoms with Crippen molar-refractivity contribution >= 4 is 23.7 Å². The van der Waals surface area contributed by atoms with E-state index in [4.69, 9.17) is 16.9 Å². The van der Waals surface area contributed by atoms with Gasteiger partial charge >= 0.3 is 0 Å². The van der Waals surface area contributed by atoms with Gasteiger partial charge in [0.05, 0.1) is 12.3 Å². The van der Waals surface area contributed by atoms with Crippen molar-refractivity contribution in [1.29, 1.82) is 5.26 Å². The standard InChI is InChI=1S/C16H15ClN4O/c1-11-8-13(10-19-20-16(22)6-7-18)12(2)21(11)15-5-3-4-14(17)9-15/h3-5,8-10H,6H2,1-2H3,(H,20,22)/b19-10+. The first-order chi connectivity index (χ1) is 10.5. The van der Waals surface area contributed by atoms with Gasteiger partial charge in [-0.3, -0.25) is 4.79 Å². The Hall–Kier alpha value is -2.58. The maximum Gasteiger partial charge on any atom is 0.254 e. The molecule has 22 heavy (non-hydrogen) atoms. The number of nitrogens with zero attached hydrogens (tertiary/aromatic N) is 3. The van der Waals surface area contributed by atoms with Crippen LogP contribution in [0.1, 0.15) is 23.4 Å². The Balaban J connectivity index is 2.26. The molecule has 2 aromatic rings. The topological polar surface area (TPSA) is 70.2 Å². The minimum atomic E-state index is -0.428. The maximum atomic E-state index is 11.2. The highest BCUT2D eigenvalue weighted by Gasteiger charge is 2.09. The summed E-state index contributed by atoms with van der Waals surface area (Å²) in [4.78, 5) is 11.2. The maximum absolute atomic E-state index is 11.2. The van der Waals surface area contributed by atoms with E-state index < -0.39 is 5.91 Å². The first kappa shape index (κ1) is 15.8. The van der Waals surface area contributed by atoms with E-state index >= 15 is 0 Å². The molecule has 112 valence electrons.